The first-order chi connectivity index (χ1) is 13.9. The van der Waals surface area contributed by atoms with Crippen LogP contribution in [0.4, 0.5) is 5.69 Å². The van der Waals surface area contributed by atoms with Crippen molar-refractivity contribution < 1.29 is 24.2 Å². The Kier molecular flexibility index (Phi) is 6.27. The molecule has 2 aromatic heterocycles. The van der Waals surface area contributed by atoms with Gasteiger partial charge >= 0.3 is 5.97 Å². The molecular formula is C18H24N6O5. The summed E-state index contributed by atoms with van der Waals surface area (Å²) in [7, 11) is 0. The van der Waals surface area contributed by atoms with Gasteiger partial charge in [0.05, 0.1) is 11.8 Å². The molecule has 2 amide bonds. The van der Waals surface area contributed by atoms with E-state index in [0.29, 0.717) is 19.7 Å². The number of carboxylic acids is 1. The van der Waals surface area contributed by atoms with Gasteiger partial charge in [-0.1, -0.05) is 0 Å². The number of aliphatic carboxylic acids is 1. The second-order valence-corrected chi connectivity index (χ2v) is 6.72. The lowest BCUT2D eigenvalue weighted by Crippen LogP contribution is -2.32. The zero-order chi connectivity index (χ0) is 21.0. The molecule has 0 aliphatic carbocycles. The molecule has 11 heteroatoms. The fourth-order valence-electron chi connectivity index (χ4n) is 3.03. The number of carboxylic acid groups (broad SMARTS) is 1. The lowest BCUT2D eigenvalue weighted by atomic mass is 10.2. The molecule has 1 saturated heterocycles. The third-order valence-electron chi connectivity index (χ3n) is 4.69. The summed E-state index contributed by atoms with van der Waals surface area (Å²) in [4.78, 5) is 36.5. The van der Waals surface area contributed by atoms with Gasteiger partial charge in [-0.3, -0.25) is 14.3 Å². The average molecular weight is 404 g/mol. The summed E-state index contributed by atoms with van der Waals surface area (Å²) in [5.74, 6) is -2.12. The van der Waals surface area contributed by atoms with Gasteiger partial charge in [-0.25, -0.2) is 9.48 Å². The summed E-state index contributed by atoms with van der Waals surface area (Å²) in [5, 5.41) is 22.7. The maximum atomic E-state index is 12.7. The molecule has 1 aliphatic heterocycles. The number of hydrogen-bond acceptors (Lipinski definition) is 6. The number of aromatic nitrogens is 4. The van der Waals surface area contributed by atoms with Crippen LogP contribution in [0.25, 0.3) is 0 Å². The van der Waals surface area contributed by atoms with Gasteiger partial charge in [-0.05, 0) is 32.8 Å². The third kappa shape index (κ3) is 4.62. The van der Waals surface area contributed by atoms with Crippen LogP contribution < -0.4 is 10.6 Å². The molecule has 0 saturated carbocycles. The summed E-state index contributed by atoms with van der Waals surface area (Å²) in [5.41, 5.74) is 0.378. The number of rotatable bonds is 8. The van der Waals surface area contributed by atoms with E-state index >= 15 is 0 Å². The largest absolute Gasteiger partial charge is 0.480 e. The first-order valence-electron chi connectivity index (χ1n) is 9.45. The molecule has 3 N–H and O–H groups in total. The highest BCUT2D eigenvalue weighted by molar-refractivity contribution is 6.07. The van der Waals surface area contributed by atoms with Crippen molar-refractivity contribution in [1.82, 2.24) is 24.9 Å². The van der Waals surface area contributed by atoms with Gasteiger partial charge in [0.1, 0.15) is 11.7 Å². The van der Waals surface area contributed by atoms with Crippen molar-refractivity contribution in [3.63, 3.8) is 0 Å². The first kappa shape index (κ1) is 20.5. The quantitative estimate of drug-likeness (QED) is 0.594. The van der Waals surface area contributed by atoms with Crippen molar-refractivity contribution in [2.24, 2.45) is 0 Å². The number of carbonyl (C=O) groups excluding carboxylic acids is 2. The Morgan fingerprint density at radius 3 is 2.83 bits per heavy atom. The minimum atomic E-state index is -1.12. The number of aryl methyl sites for hydroxylation is 1. The molecule has 11 nitrogen and oxygen atoms in total. The number of nitrogens with zero attached hydrogens (tertiary/aromatic N) is 4. The van der Waals surface area contributed by atoms with Crippen LogP contribution in [0.15, 0.2) is 18.5 Å². The second-order valence-electron chi connectivity index (χ2n) is 6.72. The van der Waals surface area contributed by atoms with E-state index in [1.807, 2.05) is 6.92 Å². The van der Waals surface area contributed by atoms with Crippen molar-refractivity contribution in [2.45, 2.75) is 45.4 Å². The highest BCUT2D eigenvalue weighted by atomic mass is 16.5. The van der Waals surface area contributed by atoms with E-state index in [9.17, 15) is 19.5 Å². The topological polar surface area (TPSA) is 140 Å². The standard InChI is InChI=1S/C18H24N6O5/c1-3-23-10-13(15(22-23)17(26)19-9-12-5-4-8-29-12)21-16(25)14-6-7-20-24(14)11(2)18(27)28/h6-7,10-12H,3-5,8-9H2,1-2H3,(H,19,26)(H,21,25)(H,27,28). The number of hydrogen-bond donors (Lipinski definition) is 3. The Morgan fingerprint density at radius 2 is 2.17 bits per heavy atom. The van der Waals surface area contributed by atoms with E-state index in [1.165, 1.54) is 23.9 Å². The number of nitrogens with one attached hydrogen (secondary N) is 2. The van der Waals surface area contributed by atoms with Crippen LogP contribution in [0, 0.1) is 0 Å². The Labute approximate surface area is 167 Å². The second kappa shape index (κ2) is 8.86. The molecule has 0 radical (unpaired) electrons. The highest BCUT2D eigenvalue weighted by Crippen LogP contribution is 2.18. The van der Waals surface area contributed by atoms with Crippen LogP contribution in [0.2, 0.25) is 0 Å². The Balaban J connectivity index is 1.76. The molecule has 0 aromatic carbocycles. The molecule has 2 unspecified atom stereocenters. The lowest BCUT2D eigenvalue weighted by molar-refractivity contribution is -0.140. The van der Waals surface area contributed by atoms with Crippen LogP contribution >= 0.6 is 0 Å². The summed E-state index contributed by atoms with van der Waals surface area (Å²) >= 11 is 0. The maximum absolute atomic E-state index is 12.7. The molecule has 1 aliphatic rings. The van der Waals surface area contributed by atoms with Crippen LogP contribution in [0.3, 0.4) is 0 Å². The van der Waals surface area contributed by atoms with Gasteiger partial charge in [0.25, 0.3) is 11.8 Å². The number of amides is 2. The average Bonchev–Trinajstić information content (AvgIpc) is 3.45. The molecule has 1 fully saturated rings. The van der Waals surface area contributed by atoms with Crippen LogP contribution in [-0.4, -0.2) is 61.7 Å². The first-order valence-corrected chi connectivity index (χ1v) is 9.45. The minimum absolute atomic E-state index is 0.0166. The van der Waals surface area contributed by atoms with Gasteiger partial charge < -0.3 is 20.5 Å². The predicted octanol–water partition coefficient (Wildman–Crippen LogP) is 0.906. The van der Waals surface area contributed by atoms with Gasteiger partial charge in [0, 0.05) is 32.1 Å². The Bertz CT molecular complexity index is 898. The van der Waals surface area contributed by atoms with E-state index in [0.717, 1.165) is 17.5 Å². The Morgan fingerprint density at radius 1 is 1.38 bits per heavy atom. The summed E-state index contributed by atoms with van der Waals surface area (Å²) in [6.07, 6.45) is 4.74. The molecule has 0 spiro atoms. The van der Waals surface area contributed by atoms with Crippen molar-refractivity contribution in [1.29, 1.82) is 0 Å². The number of ether oxygens (including phenoxy) is 1. The molecular weight excluding hydrogens is 380 g/mol. The van der Waals surface area contributed by atoms with Crippen molar-refractivity contribution in [2.75, 3.05) is 18.5 Å². The van der Waals surface area contributed by atoms with Gasteiger partial charge in [-0.2, -0.15) is 10.2 Å². The highest BCUT2D eigenvalue weighted by Gasteiger charge is 2.24. The molecule has 2 aromatic rings. The fraction of sp³-hybridized carbons (Fsp3) is 0.500. The maximum Gasteiger partial charge on any atom is 0.328 e. The summed E-state index contributed by atoms with van der Waals surface area (Å²) in [6, 6.07) is 0.397. The van der Waals surface area contributed by atoms with Crippen molar-refractivity contribution in [3.05, 3.63) is 29.8 Å². The minimum Gasteiger partial charge on any atom is -0.480 e. The molecule has 156 valence electrons. The predicted molar refractivity (Wildman–Crippen MR) is 102 cm³/mol. The third-order valence-corrected chi connectivity index (χ3v) is 4.69. The van der Waals surface area contributed by atoms with Crippen LogP contribution in [0.1, 0.15) is 53.7 Å². The van der Waals surface area contributed by atoms with Crippen LogP contribution in [0.5, 0.6) is 0 Å². The normalized spacial score (nSPS) is 17.1. The smallest absolute Gasteiger partial charge is 0.328 e. The Hall–Kier alpha value is -3.21. The van der Waals surface area contributed by atoms with E-state index in [-0.39, 0.29) is 23.2 Å². The van der Waals surface area contributed by atoms with Gasteiger partial charge in [0.15, 0.2) is 5.69 Å². The van der Waals surface area contributed by atoms with Gasteiger partial charge in [0.2, 0.25) is 0 Å². The van der Waals surface area contributed by atoms with E-state index in [1.54, 1.807) is 6.20 Å². The van der Waals surface area contributed by atoms with Crippen molar-refractivity contribution in [3.8, 4) is 0 Å². The molecule has 3 heterocycles. The van der Waals surface area contributed by atoms with Gasteiger partial charge in [-0.15, -0.1) is 0 Å². The molecule has 29 heavy (non-hydrogen) atoms. The lowest BCUT2D eigenvalue weighted by Gasteiger charge is -2.12. The molecule has 0 bridgehead atoms. The summed E-state index contributed by atoms with van der Waals surface area (Å²) < 4.78 is 8.14. The van der Waals surface area contributed by atoms with E-state index in [4.69, 9.17) is 4.74 Å². The molecule has 2 atom stereocenters. The fourth-order valence-corrected chi connectivity index (χ4v) is 3.03. The summed E-state index contributed by atoms with van der Waals surface area (Å²) in [6.45, 7) is 4.85. The number of anilines is 1. The monoisotopic (exact) mass is 404 g/mol. The van der Waals surface area contributed by atoms with E-state index in [2.05, 4.69) is 20.8 Å². The number of carbonyl (C=O) groups is 3. The SMILES string of the molecule is CCn1cc(NC(=O)c2ccnn2C(C)C(=O)O)c(C(=O)NCC2CCCO2)n1. The van der Waals surface area contributed by atoms with Crippen LogP contribution in [-0.2, 0) is 16.1 Å². The zero-order valence-electron chi connectivity index (χ0n) is 16.3. The van der Waals surface area contributed by atoms with Crippen molar-refractivity contribution >= 4 is 23.5 Å². The molecule has 3 rings (SSSR count). The van der Waals surface area contributed by atoms with E-state index < -0.39 is 23.8 Å². The zero-order valence-corrected chi connectivity index (χ0v) is 16.3.